The number of fused-ring (bicyclic) bond motifs is 2. The second-order valence-corrected chi connectivity index (χ2v) is 8.50. The number of nitrogens with zero attached hydrogens (tertiary/aromatic N) is 3. The van der Waals surface area contributed by atoms with Crippen molar-refractivity contribution >= 4 is 29.3 Å². The number of piperazine rings is 1. The fraction of sp³-hybridized carbons (Fsp3) is 0.417. The van der Waals surface area contributed by atoms with E-state index >= 15 is 0 Å². The molecule has 0 atom stereocenters. The third kappa shape index (κ3) is 6.80. The average molecular weight is 458 g/mol. The molecule has 2 aromatic carbocycles. The first-order valence-corrected chi connectivity index (χ1v) is 11.8. The van der Waals surface area contributed by atoms with Crippen molar-refractivity contribution in [3.8, 4) is 0 Å². The summed E-state index contributed by atoms with van der Waals surface area (Å²) in [5.74, 6) is 0.337. The van der Waals surface area contributed by atoms with E-state index in [2.05, 4.69) is 58.3 Å². The largest absolute Gasteiger partial charge is 0.481 e. The molecule has 2 aliphatic heterocycles. The molecular weight excluding hydrogens is 426 g/mol. The van der Waals surface area contributed by atoms with Gasteiger partial charge in [0.1, 0.15) is 5.84 Å². The van der Waals surface area contributed by atoms with Gasteiger partial charge in [0.25, 0.3) is 0 Å². The third-order valence-electron chi connectivity index (χ3n) is 5.20. The predicted octanol–water partition coefficient (Wildman–Crippen LogP) is 3.34. The number of carboxylic acids is 1. The summed E-state index contributed by atoms with van der Waals surface area (Å²) in [6.07, 6.45) is 0.222. The van der Waals surface area contributed by atoms with Crippen molar-refractivity contribution in [2.45, 2.75) is 23.1 Å². The molecule has 2 aromatic rings. The number of aliphatic hydroxyl groups is 1. The molecule has 2 aliphatic rings. The maximum Gasteiger partial charge on any atom is 0.303 e. The minimum Gasteiger partial charge on any atom is -0.481 e. The van der Waals surface area contributed by atoms with Crippen LogP contribution in [0, 0.1) is 0 Å². The van der Waals surface area contributed by atoms with Crippen LogP contribution in [0.3, 0.4) is 0 Å². The highest BCUT2D eigenvalue weighted by Gasteiger charge is 2.24. The van der Waals surface area contributed by atoms with Gasteiger partial charge in [-0.2, -0.15) is 0 Å². The summed E-state index contributed by atoms with van der Waals surface area (Å²) in [5, 5.41) is 16.5. The van der Waals surface area contributed by atoms with Crippen LogP contribution in [0.25, 0.3) is 0 Å². The summed E-state index contributed by atoms with van der Waals surface area (Å²) in [5.41, 5.74) is 2.27. The Morgan fingerprint density at radius 3 is 2.38 bits per heavy atom. The highest BCUT2D eigenvalue weighted by molar-refractivity contribution is 7.99. The second-order valence-electron chi connectivity index (χ2n) is 7.41. The van der Waals surface area contributed by atoms with Crippen LogP contribution in [0.15, 0.2) is 63.3 Å². The van der Waals surface area contributed by atoms with E-state index in [1.807, 2.05) is 0 Å². The number of hydrogen-bond acceptors (Lipinski definition) is 7. The summed E-state index contributed by atoms with van der Waals surface area (Å²) in [7, 11) is 0. The first-order valence-electron chi connectivity index (χ1n) is 10.9. The average Bonchev–Trinajstić information content (AvgIpc) is 2.99. The Bertz CT molecular complexity index is 914. The maximum absolute atomic E-state index is 9.37. The zero-order valence-electron chi connectivity index (χ0n) is 18.4. The molecule has 1 saturated heterocycles. The van der Waals surface area contributed by atoms with Crippen LogP contribution in [-0.4, -0.2) is 84.4 Å². The van der Waals surface area contributed by atoms with Crippen molar-refractivity contribution < 1.29 is 19.7 Å². The van der Waals surface area contributed by atoms with Crippen LogP contribution in [0.5, 0.6) is 0 Å². The van der Waals surface area contributed by atoms with Gasteiger partial charge in [0.05, 0.1) is 25.5 Å². The van der Waals surface area contributed by atoms with Crippen molar-refractivity contribution in [3.05, 3.63) is 54.1 Å². The lowest BCUT2D eigenvalue weighted by Gasteiger charge is -2.36. The Morgan fingerprint density at radius 1 is 1.03 bits per heavy atom. The Kier molecular flexibility index (Phi) is 9.55. The molecule has 0 unspecified atom stereocenters. The molecule has 2 N–H and O–H groups in total. The lowest BCUT2D eigenvalue weighted by Crippen LogP contribution is -2.49. The van der Waals surface area contributed by atoms with E-state index < -0.39 is 5.97 Å². The van der Waals surface area contributed by atoms with E-state index in [0.717, 1.165) is 44.2 Å². The van der Waals surface area contributed by atoms with Gasteiger partial charge in [-0.3, -0.25) is 9.69 Å². The van der Waals surface area contributed by atoms with Crippen molar-refractivity contribution in [1.82, 2.24) is 9.80 Å². The number of aliphatic carboxylic acids is 1. The first kappa shape index (κ1) is 24.3. The predicted molar refractivity (Wildman–Crippen MR) is 127 cm³/mol. The molecule has 0 radical (unpaired) electrons. The molecule has 0 bridgehead atoms. The van der Waals surface area contributed by atoms with Gasteiger partial charge in [0.2, 0.25) is 0 Å². The van der Waals surface area contributed by atoms with Gasteiger partial charge in [-0.05, 0) is 18.2 Å². The number of ether oxygens (including phenoxy) is 1. The zero-order valence-corrected chi connectivity index (χ0v) is 19.3. The summed E-state index contributed by atoms with van der Waals surface area (Å²) < 4.78 is 5.40. The number of carbonyl (C=O) groups is 1. The zero-order chi connectivity index (χ0) is 22.8. The van der Waals surface area contributed by atoms with E-state index in [0.29, 0.717) is 13.2 Å². The Hall–Kier alpha value is -2.39. The number of hydrogen-bond donors (Lipinski definition) is 2. The molecule has 0 spiro atoms. The van der Waals surface area contributed by atoms with Gasteiger partial charge in [0.15, 0.2) is 0 Å². The molecule has 7 nitrogen and oxygen atoms in total. The Labute approximate surface area is 193 Å². The van der Waals surface area contributed by atoms with Crippen molar-refractivity contribution in [2.24, 2.45) is 4.99 Å². The van der Waals surface area contributed by atoms with Crippen LogP contribution >= 0.6 is 11.8 Å². The van der Waals surface area contributed by atoms with E-state index in [9.17, 15) is 4.79 Å². The van der Waals surface area contributed by atoms with Gasteiger partial charge in [0, 0.05) is 54.5 Å². The van der Waals surface area contributed by atoms with Crippen LogP contribution < -0.4 is 0 Å². The number of para-hydroxylation sites is 1. The normalized spacial score (nSPS) is 15.6. The summed E-state index contributed by atoms with van der Waals surface area (Å²) >= 11 is 1.80. The van der Waals surface area contributed by atoms with E-state index in [4.69, 9.17) is 19.9 Å². The Morgan fingerprint density at radius 2 is 1.69 bits per heavy atom. The number of carboxylic acid groups (broad SMARTS) is 1. The molecule has 0 amide bonds. The molecule has 0 saturated carbocycles. The topological polar surface area (TPSA) is 85.6 Å². The van der Waals surface area contributed by atoms with Gasteiger partial charge < -0.3 is 19.8 Å². The lowest BCUT2D eigenvalue weighted by molar-refractivity contribution is -0.136. The highest BCUT2D eigenvalue weighted by Crippen LogP contribution is 2.40. The fourth-order valence-corrected chi connectivity index (χ4v) is 4.47. The summed E-state index contributed by atoms with van der Waals surface area (Å²) in [6.45, 7) is 7.61. The summed E-state index contributed by atoms with van der Waals surface area (Å²) in [4.78, 5) is 21.7. The quantitative estimate of drug-likeness (QED) is 0.644. The van der Waals surface area contributed by atoms with Gasteiger partial charge in [-0.15, -0.1) is 0 Å². The molecule has 0 aromatic heterocycles. The van der Waals surface area contributed by atoms with Crippen molar-refractivity contribution in [3.63, 3.8) is 0 Å². The van der Waals surface area contributed by atoms with Gasteiger partial charge in [-0.1, -0.05) is 49.0 Å². The number of rotatable bonds is 6. The second kappa shape index (κ2) is 12.6. The number of benzene rings is 2. The number of aliphatic hydroxyl groups excluding tert-OH is 1. The minimum atomic E-state index is -0.745. The molecule has 2 heterocycles. The summed E-state index contributed by atoms with van der Waals surface area (Å²) in [6, 6.07) is 16.9. The molecular formula is C24H31N3O4S. The van der Waals surface area contributed by atoms with Crippen LogP contribution in [0.4, 0.5) is 5.69 Å². The van der Waals surface area contributed by atoms with Crippen LogP contribution in [0.2, 0.25) is 0 Å². The number of amidine groups is 1. The van der Waals surface area contributed by atoms with E-state index in [-0.39, 0.29) is 13.0 Å². The molecule has 4 rings (SSSR count). The van der Waals surface area contributed by atoms with Crippen molar-refractivity contribution in [1.29, 1.82) is 0 Å². The monoisotopic (exact) mass is 457 g/mol. The highest BCUT2D eigenvalue weighted by atomic mass is 32.2. The fourth-order valence-electron chi connectivity index (χ4n) is 3.45. The van der Waals surface area contributed by atoms with Crippen LogP contribution in [-0.2, 0) is 9.53 Å². The van der Waals surface area contributed by atoms with Gasteiger partial charge in [-0.25, -0.2) is 4.99 Å². The smallest absolute Gasteiger partial charge is 0.303 e. The molecule has 0 aliphatic carbocycles. The standard InChI is InChI=1S/C21H25N3O2S.C3H6O2/c25-14-16-26-15-13-23-9-11-24(12-10-23)21-17-5-1-3-7-19(17)27-20-8-4-2-6-18(20)22-21;1-2-3(4)5/h1-8,25H,9-16H2;2H2,1H3,(H,4,5). The minimum absolute atomic E-state index is 0.0898. The SMILES string of the molecule is CCC(=O)O.OCCOCCN1CCN(C2=Nc3ccccc3Sc3ccccc32)CC1. The first-order chi connectivity index (χ1) is 15.6. The maximum atomic E-state index is 9.37. The van der Waals surface area contributed by atoms with Crippen molar-refractivity contribution in [2.75, 3.05) is 52.5 Å². The van der Waals surface area contributed by atoms with Gasteiger partial charge >= 0.3 is 5.97 Å². The molecule has 8 heteroatoms. The van der Waals surface area contributed by atoms with Crippen LogP contribution in [0.1, 0.15) is 18.9 Å². The number of aliphatic imine (C=N–C) groups is 1. The molecule has 1 fully saturated rings. The lowest BCUT2D eigenvalue weighted by atomic mass is 10.1. The Balaban J connectivity index is 0.000000523. The third-order valence-corrected chi connectivity index (χ3v) is 6.34. The van der Waals surface area contributed by atoms with E-state index in [1.54, 1.807) is 18.7 Å². The van der Waals surface area contributed by atoms with E-state index in [1.165, 1.54) is 15.4 Å². The molecule has 172 valence electrons. The molecule has 32 heavy (non-hydrogen) atoms.